The SMILES string of the molecule is CCCCCN1CC=C(c2cn(N)c3ccc(C(=O)c4ccco4)cc23)CC1. The monoisotopic (exact) mass is 377 g/mol. The zero-order valence-electron chi connectivity index (χ0n) is 16.4. The summed E-state index contributed by atoms with van der Waals surface area (Å²) in [4.78, 5) is 15.2. The van der Waals surface area contributed by atoms with Gasteiger partial charge in [0.25, 0.3) is 0 Å². The fourth-order valence-corrected chi connectivity index (χ4v) is 3.95. The lowest BCUT2D eigenvalue weighted by atomic mass is 9.97. The van der Waals surface area contributed by atoms with Crippen molar-refractivity contribution in [2.24, 2.45) is 0 Å². The molecule has 146 valence electrons. The summed E-state index contributed by atoms with van der Waals surface area (Å²) in [5.41, 5.74) is 3.98. The molecule has 0 amide bonds. The minimum atomic E-state index is -0.109. The maximum Gasteiger partial charge on any atom is 0.228 e. The Hall–Kier alpha value is -2.79. The van der Waals surface area contributed by atoms with Crippen LogP contribution in [0, 0.1) is 0 Å². The molecular formula is C23H27N3O2. The summed E-state index contributed by atoms with van der Waals surface area (Å²) in [5, 5.41) is 1.02. The third-order valence-corrected chi connectivity index (χ3v) is 5.56. The average molecular weight is 377 g/mol. The molecule has 0 atom stereocenters. The Balaban J connectivity index is 1.61. The standard InChI is InChI=1S/C23H27N3O2/c1-2-3-4-11-25-12-9-17(10-13-25)20-16-26(24)21-8-7-18(15-19(20)21)23(27)22-6-5-14-28-22/h5-9,14-16H,2-4,10-13,24H2,1H3. The van der Waals surface area contributed by atoms with Crippen molar-refractivity contribution in [3.8, 4) is 0 Å². The van der Waals surface area contributed by atoms with Crippen molar-refractivity contribution in [1.29, 1.82) is 0 Å². The molecule has 3 heterocycles. The molecule has 1 aliphatic heterocycles. The molecule has 1 aromatic carbocycles. The topological polar surface area (TPSA) is 64.4 Å². The van der Waals surface area contributed by atoms with E-state index in [1.54, 1.807) is 16.8 Å². The zero-order valence-corrected chi connectivity index (χ0v) is 16.4. The van der Waals surface area contributed by atoms with E-state index < -0.39 is 0 Å². The van der Waals surface area contributed by atoms with Gasteiger partial charge in [-0.25, -0.2) is 0 Å². The molecule has 5 heteroatoms. The van der Waals surface area contributed by atoms with Crippen LogP contribution >= 0.6 is 0 Å². The van der Waals surface area contributed by atoms with Gasteiger partial charge in [0.15, 0.2) is 5.76 Å². The Kier molecular flexibility index (Phi) is 5.35. The van der Waals surface area contributed by atoms with Gasteiger partial charge in [0, 0.05) is 35.8 Å². The number of furan rings is 1. The van der Waals surface area contributed by atoms with Crippen molar-refractivity contribution < 1.29 is 9.21 Å². The molecule has 0 fully saturated rings. The van der Waals surface area contributed by atoms with Crippen LogP contribution in [0.15, 0.2) is 53.3 Å². The lowest BCUT2D eigenvalue weighted by Crippen LogP contribution is -2.29. The van der Waals surface area contributed by atoms with Crippen LogP contribution in [0.25, 0.3) is 16.5 Å². The molecule has 1 aliphatic rings. The van der Waals surface area contributed by atoms with Gasteiger partial charge < -0.3 is 10.3 Å². The number of carbonyl (C=O) groups excluding carboxylic acids is 1. The summed E-state index contributed by atoms with van der Waals surface area (Å²) < 4.78 is 6.92. The summed E-state index contributed by atoms with van der Waals surface area (Å²) in [6, 6.07) is 9.08. The molecule has 4 rings (SSSR count). The highest BCUT2D eigenvalue weighted by Gasteiger charge is 2.19. The minimum Gasteiger partial charge on any atom is -0.461 e. The second kappa shape index (κ2) is 8.07. The third kappa shape index (κ3) is 3.62. The van der Waals surface area contributed by atoms with Crippen molar-refractivity contribution in [2.75, 3.05) is 25.5 Å². The first-order chi connectivity index (χ1) is 13.7. The van der Waals surface area contributed by atoms with E-state index >= 15 is 0 Å². The molecule has 5 nitrogen and oxygen atoms in total. The fourth-order valence-electron chi connectivity index (χ4n) is 3.95. The quantitative estimate of drug-likeness (QED) is 0.375. The Labute approximate surface area is 165 Å². The largest absolute Gasteiger partial charge is 0.461 e. The van der Waals surface area contributed by atoms with Crippen LogP contribution in [0.1, 0.15) is 54.3 Å². The van der Waals surface area contributed by atoms with E-state index in [0.29, 0.717) is 11.3 Å². The molecule has 0 bridgehead atoms. The summed E-state index contributed by atoms with van der Waals surface area (Å²) in [6.45, 7) is 5.44. The highest BCUT2D eigenvalue weighted by atomic mass is 16.3. The molecule has 2 aromatic heterocycles. The Bertz CT molecular complexity index is 998. The average Bonchev–Trinajstić information content (AvgIpc) is 3.37. The summed E-state index contributed by atoms with van der Waals surface area (Å²) in [5.74, 6) is 6.43. The molecule has 0 spiro atoms. The van der Waals surface area contributed by atoms with Crippen molar-refractivity contribution in [3.63, 3.8) is 0 Å². The van der Waals surface area contributed by atoms with E-state index in [4.69, 9.17) is 10.3 Å². The van der Waals surface area contributed by atoms with E-state index in [-0.39, 0.29) is 5.78 Å². The van der Waals surface area contributed by atoms with Gasteiger partial charge in [-0.2, -0.15) is 0 Å². The number of unbranched alkanes of at least 4 members (excludes halogenated alkanes) is 2. The van der Waals surface area contributed by atoms with E-state index in [0.717, 1.165) is 42.5 Å². The van der Waals surface area contributed by atoms with E-state index in [9.17, 15) is 4.79 Å². The number of ketones is 1. The number of carbonyl (C=O) groups is 1. The molecule has 28 heavy (non-hydrogen) atoms. The first-order valence-electron chi connectivity index (χ1n) is 10.1. The van der Waals surface area contributed by atoms with Gasteiger partial charge in [-0.1, -0.05) is 25.8 Å². The molecule has 0 unspecified atom stereocenters. The first kappa shape index (κ1) is 18.6. The molecule has 0 radical (unpaired) electrons. The number of benzene rings is 1. The molecule has 0 aliphatic carbocycles. The van der Waals surface area contributed by atoms with Crippen molar-refractivity contribution in [3.05, 3.63) is 65.8 Å². The number of aromatic nitrogens is 1. The summed E-state index contributed by atoms with van der Waals surface area (Å²) in [7, 11) is 0. The minimum absolute atomic E-state index is 0.109. The van der Waals surface area contributed by atoms with Crippen molar-refractivity contribution in [1.82, 2.24) is 9.58 Å². The summed E-state index contributed by atoms with van der Waals surface area (Å²) in [6.07, 6.45) is 10.6. The van der Waals surface area contributed by atoms with Crippen molar-refractivity contribution in [2.45, 2.75) is 32.6 Å². The van der Waals surface area contributed by atoms with Gasteiger partial charge in [-0.15, -0.1) is 0 Å². The Morgan fingerprint density at radius 1 is 1.25 bits per heavy atom. The van der Waals surface area contributed by atoms with Crippen LogP contribution < -0.4 is 5.84 Å². The molecule has 0 saturated carbocycles. The summed E-state index contributed by atoms with van der Waals surface area (Å²) >= 11 is 0. The third-order valence-electron chi connectivity index (χ3n) is 5.56. The van der Waals surface area contributed by atoms with Gasteiger partial charge in [0.2, 0.25) is 5.78 Å². The van der Waals surface area contributed by atoms with Crippen LogP contribution in [0.4, 0.5) is 0 Å². The Morgan fingerprint density at radius 3 is 2.86 bits per heavy atom. The Morgan fingerprint density at radius 2 is 2.14 bits per heavy atom. The van der Waals surface area contributed by atoms with Gasteiger partial charge in [0.05, 0.1) is 11.8 Å². The number of nitrogens with zero attached hydrogens (tertiary/aromatic N) is 2. The predicted molar refractivity (Wildman–Crippen MR) is 113 cm³/mol. The number of nitrogen functional groups attached to an aromatic ring is 1. The maximum absolute atomic E-state index is 12.7. The zero-order chi connectivity index (χ0) is 19.5. The van der Waals surface area contributed by atoms with E-state index in [1.165, 1.54) is 31.1 Å². The van der Waals surface area contributed by atoms with Crippen LogP contribution in [0.3, 0.4) is 0 Å². The molecule has 0 saturated heterocycles. The fraction of sp³-hybridized carbons (Fsp3) is 0.348. The highest BCUT2D eigenvalue weighted by molar-refractivity contribution is 6.09. The van der Waals surface area contributed by atoms with E-state index in [1.807, 2.05) is 24.4 Å². The smallest absolute Gasteiger partial charge is 0.228 e. The van der Waals surface area contributed by atoms with E-state index in [2.05, 4.69) is 17.9 Å². The lowest BCUT2D eigenvalue weighted by molar-refractivity contribution is 0.101. The van der Waals surface area contributed by atoms with Gasteiger partial charge >= 0.3 is 0 Å². The second-order valence-corrected chi connectivity index (χ2v) is 7.48. The number of fused-ring (bicyclic) bond motifs is 1. The highest BCUT2D eigenvalue weighted by Crippen LogP contribution is 2.31. The van der Waals surface area contributed by atoms with Crippen LogP contribution in [0.2, 0.25) is 0 Å². The predicted octanol–water partition coefficient (Wildman–Crippen LogP) is 4.46. The van der Waals surface area contributed by atoms with Crippen molar-refractivity contribution >= 4 is 22.3 Å². The van der Waals surface area contributed by atoms with Crippen LogP contribution in [-0.2, 0) is 0 Å². The maximum atomic E-state index is 12.7. The molecule has 3 aromatic rings. The first-order valence-corrected chi connectivity index (χ1v) is 10.1. The number of hydrogen-bond acceptors (Lipinski definition) is 4. The van der Waals surface area contributed by atoms with Crippen LogP contribution in [0.5, 0.6) is 0 Å². The normalized spacial score (nSPS) is 15.1. The molecule has 2 N–H and O–H groups in total. The lowest BCUT2D eigenvalue weighted by Gasteiger charge is -2.26. The number of hydrogen-bond donors (Lipinski definition) is 1. The van der Waals surface area contributed by atoms with Gasteiger partial charge in [0.1, 0.15) is 0 Å². The second-order valence-electron chi connectivity index (χ2n) is 7.48. The van der Waals surface area contributed by atoms with Gasteiger partial charge in [-0.3, -0.25) is 14.4 Å². The number of rotatable bonds is 7. The van der Waals surface area contributed by atoms with Crippen LogP contribution in [-0.4, -0.2) is 35.0 Å². The molecular weight excluding hydrogens is 350 g/mol. The van der Waals surface area contributed by atoms with Gasteiger partial charge in [-0.05, 0) is 55.3 Å². The number of nitrogens with two attached hydrogens (primary N) is 1.